The van der Waals surface area contributed by atoms with E-state index in [1.807, 2.05) is 13.0 Å². The van der Waals surface area contributed by atoms with Gasteiger partial charge in [-0.3, -0.25) is 0 Å². The monoisotopic (exact) mass is 229 g/mol. The Kier molecular flexibility index (Phi) is 5.08. The molecule has 1 aromatic rings. The molecule has 3 N–H and O–H groups in total. The van der Waals surface area contributed by atoms with Crippen LogP contribution < -0.4 is 5.73 Å². The number of hydrogen-bond acceptors (Lipinski definition) is 3. The van der Waals surface area contributed by atoms with Gasteiger partial charge in [0.15, 0.2) is 0 Å². The minimum absolute atomic E-state index is 0.136. The molecule has 84 valence electrons. The van der Waals surface area contributed by atoms with Crippen LogP contribution in [0.4, 0.5) is 4.39 Å². The van der Waals surface area contributed by atoms with Gasteiger partial charge in [0, 0.05) is 23.3 Å². The first-order valence-electron chi connectivity index (χ1n) is 4.93. The molecule has 0 aliphatic rings. The van der Waals surface area contributed by atoms with Gasteiger partial charge in [-0.2, -0.15) is 0 Å². The average molecular weight is 229 g/mol. The van der Waals surface area contributed by atoms with Gasteiger partial charge in [-0.25, -0.2) is 4.39 Å². The van der Waals surface area contributed by atoms with Gasteiger partial charge in [-0.05, 0) is 24.1 Å². The van der Waals surface area contributed by atoms with Crippen molar-refractivity contribution in [1.82, 2.24) is 0 Å². The highest BCUT2D eigenvalue weighted by molar-refractivity contribution is 7.99. The van der Waals surface area contributed by atoms with Crippen molar-refractivity contribution < 1.29 is 9.50 Å². The summed E-state index contributed by atoms with van der Waals surface area (Å²) < 4.78 is 13.5. The quantitative estimate of drug-likeness (QED) is 0.760. The van der Waals surface area contributed by atoms with Gasteiger partial charge in [0.2, 0.25) is 0 Å². The fourth-order valence-corrected chi connectivity index (χ4v) is 2.20. The number of benzene rings is 1. The van der Waals surface area contributed by atoms with E-state index in [-0.39, 0.29) is 17.7 Å². The lowest BCUT2D eigenvalue weighted by atomic mass is 10.2. The minimum Gasteiger partial charge on any atom is -0.396 e. The normalized spacial score (nSPS) is 12.8. The van der Waals surface area contributed by atoms with Crippen molar-refractivity contribution >= 4 is 11.8 Å². The van der Waals surface area contributed by atoms with Gasteiger partial charge < -0.3 is 10.8 Å². The third-order valence-corrected chi connectivity index (χ3v) is 3.32. The first kappa shape index (κ1) is 12.5. The Morgan fingerprint density at radius 2 is 2.27 bits per heavy atom. The van der Waals surface area contributed by atoms with E-state index in [0.717, 1.165) is 5.56 Å². The molecule has 0 heterocycles. The summed E-state index contributed by atoms with van der Waals surface area (Å²) in [5.74, 6) is -0.229. The maximum atomic E-state index is 13.5. The van der Waals surface area contributed by atoms with E-state index in [4.69, 9.17) is 10.8 Å². The van der Waals surface area contributed by atoms with E-state index < -0.39 is 0 Å². The smallest absolute Gasteiger partial charge is 0.137 e. The molecule has 1 aromatic carbocycles. The highest BCUT2D eigenvalue weighted by Crippen LogP contribution is 2.27. The van der Waals surface area contributed by atoms with Gasteiger partial charge in [0.1, 0.15) is 5.82 Å². The molecule has 15 heavy (non-hydrogen) atoms. The van der Waals surface area contributed by atoms with Crippen molar-refractivity contribution in [2.24, 2.45) is 5.73 Å². The maximum absolute atomic E-state index is 13.5. The van der Waals surface area contributed by atoms with Crippen molar-refractivity contribution in [2.45, 2.75) is 30.0 Å². The van der Waals surface area contributed by atoms with Crippen LogP contribution >= 0.6 is 11.8 Å². The maximum Gasteiger partial charge on any atom is 0.137 e. The lowest BCUT2D eigenvalue weighted by Crippen LogP contribution is -2.01. The topological polar surface area (TPSA) is 46.2 Å². The molecule has 0 aliphatic carbocycles. The van der Waals surface area contributed by atoms with Crippen molar-refractivity contribution in [3.05, 3.63) is 29.6 Å². The van der Waals surface area contributed by atoms with E-state index in [2.05, 4.69) is 0 Å². The first-order valence-corrected chi connectivity index (χ1v) is 5.81. The molecule has 0 spiro atoms. The van der Waals surface area contributed by atoms with E-state index in [0.29, 0.717) is 17.9 Å². The molecule has 1 atom stereocenters. The molecule has 1 rings (SSSR count). The van der Waals surface area contributed by atoms with Gasteiger partial charge in [0.05, 0.1) is 0 Å². The van der Waals surface area contributed by atoms with E-state index in [9.17, 15) is 4.39 Å². The third kappa shape index (κ3) is 3.81. The van der Waals surface area contributed by atoms with Crippen LogP contribution in [0.2, 0.25) is 0 Å². The molecule has 0 radical (unpaired) electrons. The summed E-state index contributed by atoms with van der Waals surface area (Å²) in [6.45, 7) is 2.46. The van der Waals surface area contributed by atoms with Crippen LogP contribution in [0.15, 0.2) is 23.1 Å². The van der Waals surface area contributed by atoms with Crippen LogP contribution in [0.25, 0.3) is 0 Å². The largest absolute Gasteiger partial charge is 0.396 e. The van der Waals surface area contributed by atoms with E-state index in [1.54, 1.807) is 6.07 Å². The summed E-state index contributed by atoms with van der Waals surface area (Å²) in [6.07, 6.45) is 0.669. The summed E-state index contributed by atoms with van der Waals surface area (Å²) in [5.41, 5.74) is 6.21. The van der Waals surface area contributed by atoms with Crippen molar-refractivity contribution in [1.29, 1.82) is 0 Å². The van der Waals surface area contributed by atoms with Crippen LogP contribution in [0.3, 0.4) is 0 Å². The highest BCUT2D eigenvalue weighted by atomic mass is 32.2. The van der Waals surface area contributed by atoms with Gasteiger partial charge in [-0.15, -0.1) is 11.8 Å². The second kappa shape index (κ2) is 6.10. The predicted molar refractivity (Wildman–Crippen MR) is 61.3 cm³/mol. The molecule has 0 aliphatic heterocycles. The predicted octanol–water partition coefficient (Wildman–Crippen LogP) is 2.15. The summed E-state index contributed by atoms with van der Waals surface area (Å²) >= 11 is 1.44. The van der Waals surface area contributed by atoms with Gasteiger partial charge in [-0.1, -0.05) is 13.0 Å². The number of thioether (sulfide) groups is 1. The first-order chi connectivity index (χ1) is 7.17. The zero-order chi connectivity index (χ0) is 11.3. The number of nitrogens with two attached hydrogens (primary N) is 1. The van der Waals surface area contributed by atoms with E-state index in [1.165, 1.54) is 17.8 Å². The summed E-state index contributed by atoms with van der Waals surface area (Å²) in [6, 6.07) is 5.04. The molecule has 0 saturated heterocycles. The van der Waals surface area contributed by atoms with Crippen molar-refractivity contribution in [2.75, 3.05) is 6.61 Å². The Hall–Kier alpha value is -0.580. The summed E-state index contributed by atoms with van der Waals surface area (Å²) in [5, 5.41) is 8.96. The molecule has 0 fully saturated rings. The second-order valence-electron chi connectivity index (χ2n) is 3.41. The zero-order valence-corrected chi connectivity index (χ0v) is 9.56. The SMILES string of the molecule is CC(CCO)Sc1ccc(CN)cc1F. The summed E-state index contributed by atoms with van der Waals surface area (Å²) in [4.78, 5) is 0.619. The molecule has 0 bridgehead atoms. The Morgan fingerprint density at radius 3 is 2.80 bits per heavy atom. The fourth-order valence-electron chi connectivity index (χ4n) is 1.22. The molecule has 0 aromatic heterocycles. The third-order valence-electron chi connectivity index (χ3n) is 2.10. The summed E-state index contributed by atoms with van der Waals surface area (Å²) in [7, 11) is 0. The molecule has 0 amide bonds. The number of halogens is 1. The molecule has 1 unspecified atom stereocenters. The van der Waals surface area contributed by atoms with E-state index >= 15 is 0 Å². The fraction of sp³-hybridized carbons (Fsp3) is 0.455. The van der Waals surface area contributed by atoms with Crippen molar-refractivity contribution in [3.8, 4) is 0 Å². The minimum atomic E-state index is -0.229. The van der Waals surface area contributed by atoms with Gasteiger partial charge in [0.25, 0.3) is 0 Å². The number of rotatable bonds is 5. The Bertz CT molecular complexity index is 319. The molecule has 4 heteroatoms. The van der Waals surface area contributed by atoms with Gasteiger partial charge >= 0.3 is 0 Å². The highest BCUT2D eigenvalue weighted by Gasteiger charge is 2.08. The number of aliphatic hydroxyl groups is 1. The van der Waals surface area contributed by atoms with Crippen LogP contribution in [-0.2, 0) is 6.54 Å². The number of aliphatic hydroxyl groups excluding tert-OH is 1. The number of hydrogen-bond donors (Lipinski definition) is 2. The molecule has 0 saturated carbocycles. The molecular formula is C11H16FNOS. The average Bonchev–Trinajstić information content (AvgIpc) is 2.21. The van der Waals surface area contributed by atoms with Crippen LogP contribution in [0.1, 0.15) is 18.9 Å². The van der Waals surface area contributed by atoms with Crippen molar-refractivity contribution in [3.63, 3.8) is 0 Å². The van der Waals surface area contributed by atoms with Crippen LogP contribution in [0, 0.1) is 5.82 Å². The molecule has 2 nitrogen and oxygen atoms in total. The second-order valence-corrected chi connectivity index (χ2v) is 4.89. The molecular weight excluding hydrogens is 213 g/mol. The Balaban J connectivity index is 2.69. The lowest BCUT2D eigenvalue weighted by molar-refractivity contribution is 0.289. The van der Waals surface area contributed by atoms with Crippen LogP contribution in [0.5, 0.6) is 0 Å². The zero-order valence-electron chi connectivity index (χ0n) is 8.74. The Labute approximate surface area is 93.7 Å². The standard InChI is InChI=1S/C11H16FNOS/c1-8(4-5-14)15-11-3-2-9(7-13)6-10(11)12/h2-3,6,8,14H,4-5,7,13H2,1H3. The van der Waals surface area contributed by atoms with Crippen LogP contribution in [-0.4, -0.2) is 17.0 Å². The lowest BCUT2D eigenvalue weighted by Gasteiger charge is -2.10. The Morgan fingerprint density at radius 1 is 1.53 bits per heavy atom.